The number of hydrogen-bond acceptors (Lipinski definition) is 6. The number of hydrogen-bond donors (Lipinski definition) is 3. The third kappa shape index (κ3) is 27.7. The number of ketones is 3. The van der Waals surface area contributed by atoms with Crippen LogP contribution >= 0.6 is 0 Å². The van der Waals surface area contributed by atoms with Gasteiger partial charge in [0.25, 0.3) is 0 Å². The molecule has 6 heteroatoms. The minimum Gasteiger partial charge on any atom is -0.393 e. The fourth-order valence-corrected chi connectivity index (χ4v) is 7.94. The molecule has 0 aromatic rings. The topological polar surface area (TPSA) is 112 Å². The van der Waals surface area contributed by atoms with E-state index in [9.17, 15) is 29.7 Å². The van der Waals surface area contributed by atoms with Crippen molar-refractivity contribution >= 4 is 17.3 Å². The lowest BCUT2D eigenvalue weighted by Crippen LogP contribution is -2.69. The summed E-state index contributed by atoms with van der Waals surface area (Å²) in [6.07, 6.45) is 46.8. The quantitative estimate of drug-likeness (QED) is 0.0321. The molecule has 6 nitrogen and oxygen atoms in total. The fraction of sp³-hybridized carbons (Fsp3) is 0.863. The molecule has 0 aromatic heterocycles. The van der Waals surface area contributed by atoms with Crippen LogP contribution in [0.1, 0.15) is 265 Å². The van der Waals surface area contributed by atoms with Crippen LogP contribution in [0.3, 0.4) is 0 Å². The summed E-state index contributed by atoms with van der Waals surface area (Å²) in [6.45, 7) is 5.53. The smallest absolute Gasteiger partial charge is 0.219 e. The van der Waals surface area contributed by atoms with Crippen LogP contribution in [-0.2, 0) is 14.4 Å². The van der Waals surface area contributed by atoms with Crippen LogP contribution in [0.25, 0.3) is 0 Å². The maximum atomic E-state index is 13.7. The van der Waals surface area contributed by atoms with E-state index in [2.05, 4.69) is 45.1 Å². The first-order valence-corrected chi connectivity index (χ1v) is 24.7. The van der Waals surface area contributed by atoms with E-state index in [1.807, 2.05) is 0 Å². The van der Waals surface area contributed by atoms with Crippen LogP contribution < -0.4 is 0 Å². The zero-order valence-electron chi connectivity index (χ0n) is 38.0. The minimum atomic E-state index is -2.93. The van der Waals surface area contributed by atoms with Crippen molar-refractivity contribution in [2.75, 3.05) is 6.61 Å². The summed E-state index contributed by atoms with van der Waals surface area (Å²) < 4.78 is 0. The largest absolute Gasteiger partial charge is 0.393 e. The number of aliphatic hydroxyl groups excluding tert-OH is 1. The molecule has 334 valence electrons. The second kappa shape index (κ2) is 39.8. The second-order valence-corrected chi connectivity index (χ2v) is 17.3. The first-order chi connectivity index (χ1) is 27.8. The maximum absolute atomic E-state index is 13.7. The standard InChI is InChI=1S/C51H94O6/c1-4-7-10-13-16-19-22-24-25-27-29-31-34-37-40-43-47(53)50(56,46-52)51(57,48(54)44-41-38-35-32-28-21-18-15-12-9-6-3)49(55)45-42-39-36-33-30-26-23-20-17-14-11-8-5-2/h16,19,24-25,52,56-57H,4-15,17-18,20-23,26-46H2,1-3H3/b19-16-,25-24-. The SMILES string of the molecule is CCCCC/C=C\C/C=C\CCCCCCCC(=O)C(O)(CO)C(O)(C(=O)CCCCCCCCCCCCC)C(=O)CCCCCCCCCCCCCCC. The number of aliphatic hydroxyl groups is 3. The summed E-state index contributed by atoms with van der Waals surface area (Å²) in [4.78, 5) is 41.0. The van der Waals surface area contributed by atoms with E-state index in [1.165, 1.54) is 109 Å². The number of unbranched alkanes of at least 4 members (excludes halogenated alkanes) is 30. The molecule has 0 aliphatic heterocycles. The molecule has 0 aromatic carbocycles. The van der Waals surface area contributed by atoms with Gasteiger partial charge in [0.05, 0.1) is 6.61 Å². The molecular weight excluding hydrogens is 709 g/mol. The molecule has 0 radical (unpaired) electrons. The normalized spacial score (nSPS) is 14.1. The van der Waals surface area contributed by atoms with Gasteiger partial charge in [0.1, 0.15) is 0 Å². The van der Waals surface area contributed by atoms with E-state index in [4.69, 9.17) is 0 Å². The van der Waals surface area contributed by atoms with E-state index >= 15 is 0 Å². The summed E-state index contributed by atoms with van der Waals surface area (Å²) in [5.41, 5.74) is -5.75. The van der Waals surface area contributed by atoms with Gasteiger partial charge in [-0.2, -0.15) is 0 Å². The summed E-state index contributed by atoms with van der Waals surface area (Å²) in [5, 5.41) is 33.9. The average Bonchev–Trinajstić information content (AvgIpc) is 3.21. The zero-order valence-corrected chi connectivity index (χ0v) is 38.0. The molecule has 0 aliphatic rings. The fourth-order valence-electron chi connectivity index (χ4n) is 7.94. The van der Waals surface area contributed by atoms with Gasteiger partial charge in [0.15, 0.2) is 23.0 Å². The Morgan fingerprint density at radius 1 is 0.368 bits per heavy atom. The van der Waals surface area contributed by atoms with Crippen LogP contribution in [0.5, 0.6) is 0 Å². The summed E-state index contributed by atoms with van der Waals surface area (Å²) >= 11 is 0. The number of rotatable bonds is 45. The van der Waals surface area contributed by atoms with Crippen LogP contribution in [0.15, 0.2) is 24.3 Å². The van der Waals surface area contributed by atoms with Gasteiger partial charge in [0, 0.05) is 19.3 Å². The highest BCUT2D eigenvalue weighted by Crippen LogP contribution is 2.32. The molecule has 2 unspecified atom stereocenters. The Hall–Kier alpha value is -1.63. The number of Topliss-reactive ketones (excluding diaryl/α,β-unsaturated/α-hetero) is 3. The molecule has 2 atom stereocenters. The summed E-state index contributed by atoms with van der Waals surface area (Å²) in [5.74, 6) is -2.48. The van der Waals surface area contributed by atoms with E-state index in [1.54, 1.807) is 0 Å². The lowest BCUT2D eigenvalue weighted by atomic mass is 9.71. The Labute approximate surface area is 352 Å². The molecule has 3 N–H and O–H groups in total. The molecule has 57 heavy (non-hydrogen) atoms. The van der Waals surface area contributed by atoms with Crippen molar-refractivity contribution in [2.24, 2.45) is 0 Å². The van der Waals surface area contributed by atoms with Gasteiger partial charge in [-0.15, -0.1) is 0 Å². The maximum Gasteiger partial charge on any atom is 0.219 e. The summed E-state index contributed by atoms with van der Waals surface area (Å²) in [7, 11) is 0. The Kier molecular flexibility index (Phi) is 38.7. The van der Waals surface area contributed by atoms with Crippen molar-refractivity contribution < 1.29 is 29.7 Å². The Balaban J connectivity index is 4.98. The third-order valence-electron chi connectivity index (χ3n) is 12.0. The molecule has 0 fully saturated rings. The monoisotopic (exact) mass is 803 g/mol. The van der Waals surface area contributed by atoms with Gasteiger partial charge in [-0.3, -0.25) is 14.4 Å². The highest BCUT2D eigenvalue weighted by molar-refractivity contribution is 6.16. The van der Waals surface area contributed by atoms with Gasteiger partial charge in [-0.25, -0.2) is 0 Å². The van der Waals surface area contributed by atoms with Crippen LogP contribution in [0.2, 0.25) is 0 Å². The lowest BCUT2D eigenvalue weighted by Gasteiger charge is -2.39. The van der Waals surface area contributed by atoms with Gasteiger partial charge in [0.2, 0.25) is 5.60 Å². The average molecular weight is 803 g/mol. The van der Waals surface area contributed by atoms with Crippen molar-refractivity contribution in [1.82, 2.24) is 0 Å². The molecule has 0 saturated carbocycles. The summed E-state index contributed by atoms with van der Waals surface area (Å²) in [6, 6.07) is 0. The number of carbonyl (C=O) groups excluding carboxylic acids is 3. The van der Waals surface area contributed by atoms with Crippen molar-refractivity contribution in [3.63, 3.8) is 0 Å². The predicted octanol–water partition coefficient (Wildman–Crippen LogP) is 14.1. The molecular formula is C51H94O6. The second-order valence-electron chi connectivity index (χ2n) is 17.3. The molecule has 0 saturated heterocycles. The predicted molar refractivity (Wildman–Crippen MR) is 243 cm³/mol. The first-order valence-electron chi connectivity index (χ1n) is 24.7. The van der Waals surface area contributed by atoms with Crippen molar-refractivity contribution in [3.8, 4) is 0 Å². The van der Waals surface area contributed by atoms with E-state index in [0.29, 0.717) is 19.3 Å². The molecule has 0 spiro atoms. The first kappa shape index (κ1) is 55.4. The molecule has 0 aliphatic carbocycles. The van der Waals surface area contributed by atoms with Crippen molar-refractivity contribution in [1.29, 1.82) is 0 Å². The zero-order chi connectivity index (χ0) is 42.1. The van der Waals surface area contributed by atoms with Crippen LogP contribution in [0, 0.1) is 0 Å². The number of carbonyl (C=O) groups is 3. The highest BCUT2D eigenvalue weighted by Gasteiger charge is 2.62. The molecule has 0 bridgehead atoms. The van der Waals surface area contributed by atoms with Gasteiger partial charge < -0.3 is 15.3 Å². The van der Waals surface area contributed by atoms with Crippen LogP contribution in [-0.4, -0.2) is 50.5 Å². The molecule has 0 heterocycles. The van der Waals surface area contributed by atoms with Crippen molar-refractivity contribution in [2.45, 2.75) is 276 Å². The van der Waals surface area contributed by atoms with Crippen molar-refractivity contribution in [3.05, 3.63) is 24.3 Å². The van der Waals surface area contributed by atoms with Gasteiger partial charge in [-0.1, -0.05) is 218 Å². The van der Waals surface area contributed by atoms with E-state index < -0.39 is 35.2 Å². The number of allylic oxidation sites excluding steroid dienone is 4. The van der Waals surface area contributed by atoms with Crippen LogP contribution in [0.4, 0.5) is 0 Å². The van der Waals surface area contributed by atoms with Gasteiger partial charge in [-0.05, 0) is 51.4 Å². The third-order valence-corrected chi connectivity index (χ3v) is 12.0. The molecule has 0 rings (SSSR count). The Morgan fingerprint density at radius 3 is 0.965 bits per heavy atom. The Bertz CT molecular complexity index is 1000. The lowest BCUT2D eigenvalue weighted by molar-refractivity contribution is -0.194. The minimum absolute atomic E-state index is 0.0956. The van der Waals surface area contributed by atoms with Gasteiger partial charge >= 0.3 is 0 Å². The molecule has 0 amide bonds. The van der Waals surface area contributed by atoms with E-state index in [0.717, 1.165) is 96.3 Å². The van der Waals surface area contributed by atoms with E-state index in [-0.39, 0.29) is 19.3 Å². The Morgan fingerprint density at radius 2 is 0.632 bits per heavy atom. The highest BCUT2D eigenvalue weighted by atomic mass is 16.4.